The number of barbiturate groups is 1. The van der Waals surface area contributed by atoms with E-state index in [4.69, 9.17) is 9.47 Å². The van der Waals surface area contributed by atoms with Crippen molar-refractivity contribution >= 4 is 51.5 Å². The van der Waals surface area contributed by atoms with E-state index in [0.29, 0.717) is 30.3 Å². The van der Waals surface area contributed by atoms with Crippen LogP contribution in [0.4, 0.5) is 10.5 Å². The topological polar surface area (TPSA) is 111 Å². The molecule has 1 aliphatic rings. The summed E-state index contributed by atoms with van der Waals surface area (Å²) in [6, 6.07) is 17.5. The molecule has 0 aliphatic carbocycles. The number of nitrogens with zero attached hydrogens (tertiary/aromatic N) is 1. The SMILES string of the molecule is CCOc1cc(/C=C2\C(=O)NC(=O)N(c3ccc(C(=O)OC)cc3)C2=O)ccc1OCc1ccccc1Br. The second-order valence-electron chi connectivity index (χ2n) is 8.02. The molecule has 9 nitrogen and oxygen atoms in total. The average Bonchev–Trinajstić information content (AvgIpc) is 2.91. The number of benzene rings is 3. The van der Waals surface area contributed by atoms with Crippen LogP contribution in [0.3, 0.4) is 0 Å². The van der Waals surface area contributed by atoms with Crippen molar-refractivity contribution in [1.29, 1.82) is 0 Å². The molecule has 38 heavy (non-hydrogen) atoms. The van der Waals surface area contributed by atoms with Gasteiger partial charge >= 0.3 is 12.0 Å². The van der Waals surface area contributed by atoms with Gasteiger partial charge in [-0.3, -0.25) is 14.9 Å². The Morgan fingerprint density at radius 1 is 0.974 bits per heavy atom. The number of carbonyl (C=O) groups excluding carboxylic acids is 4. The molecule has 4 rings (SSSR count). The molecule has 10 heteroatoms. The van der Waals surface area contributed by atoms with Crippen LogP contribution in [0, 0.1) is 0 Å². The van der Waals surface area contributed by atoms with E-state index < -0.39 is 23.8 Å². The first-order valence-corrected chi connectivity index (χ1v) is 12.3. The highest BCUT2D eigenvalue weighted by molar-refractivity contribution is 9.10. The fourth-order valence-corrected chi connectivity index (χ4v) is 4.10. The molecular formula is C28H23BrN2O7. The number of anilines is 1. The zero-order chi connectivity index (χ0) is 27.2. The summed E-state index contributed by atoms with van der Waals surface area (Å²) in [5.74, 6) is -1.27. The molecule has 4 amide bonds. The van der Waals surface area contributed by atoms with Gasteiger partial charge in [-0.2, -0.15) is 0 Å². The Morgan fingerprint density at radius 2 is 1.71 bits per heavy atom. The molecule has 0 bridgehead atoms. The largest absolute Gasteiger partial charge is 0.490 e. The maximum atomic E-state index is 13.2. The number of methoxy groups -OCH3 is 1. The minimum Gasteiger partial charge on any atom is -0.490 e. The average molecular weight is 579 g/mol. The lowest BCUT2D eigenvalue weighted by molar-refractivity contribution is -0.122. The van der Waals surface area contributed by atoms with Gasteiger partial charge in [0.2, 0.25) is 0 Å². The molecule has 194 valence electrons. The summed E-state index contributed by atoms with van der Waals surface area (Å²) < 4.78 is 17.3. The standard InChI is InChI=1S/C28H23BrN2O7/c1-3-37-24-15-17(8-13-23(24)38-16-19-6-4-5-7-22(19)29)14-21-25(32)30-28(35)31(26(21)33)20-11-9-18(10-12-20)27(34)36-2/h4-15H,3,16H2,1-2H3,(H,30,32,35)/b21-14+. The Kier molecular flexibility index (Phi) is 8.22. The molecule has 3 aromatic carbocycles. The lowest BCUT2D eigenvalue weighted by Gasteiger charge is -2.26. The number of esters is 1. The predicted molar refractivity (Wildman–Crippen MR) is 143 cm³/mol. The summed E-state index contributed by atoms with van der Waals surface area (Å²) in [5, 5.41) is 2.18. The summed E-state index contributed by atoms with van der Waals surface area (Å²) in [6.45, 7) is 2.50. The van der Waals surface area contributed by atoms with Crippen LogP contribution in [-0.4, -0.2) is 37.5 Å². The molecule has 1 saturated heterocycles. The Labute approximate surface area is 227 Å². The van der Waals surface area contributed by atoms with Gasteiger partial charge in [-0.1, -0.05) is 40.2 Å². The van der Waals surface area contributed by atoms with Crippen LogP contribution >= 0.6 is 15.9 Å². The van der Waals surface area contributed by atoms with Crippen molar-refractivity contribution < 1.29 is 33.4 Å². The van der Waals surface area contributed by atoms with Crippen molar-refractivity contribution in [3.05, 3.63) is 93.5 Å². The van der Waals surface area contributed by atoms with Gasteiger partial charge in [0.15, 0.2) is 11.5 Å². The summed E-state index contributed by atoms with van der Waals surface area (Å²) in [7, 11) is 1.25. The second kappa shape index (κ2) is 11.7. The Hall–Kier alpha value is -4.44. The number of hydrogen-bond donors (Lipinski definition) is 1. The minimum absolute atomic E-state index is 0.185. The molecule has 0 spiro atoms. The molecule has 1 fully saturated rings. The maximum Gasteiger partial charge on any atom is 0.337 e. The monoisotopic (exact) mass is 578 g/mol. The predicted octanol–water partition coefficient (Wildman–Crippen LogP) is 4.88. The van der Waals surface area contributed by atoms with Crippen LogP contribution in [0.25, 0.3) is 6.08 Å². The van der Waals surface area contributed by atoms with E-state index in [-0.39, 0.29) is 16.8 Å². The van der Waals surface area contributed by atoms with Crippen molar-refractivity contribution in [3.63, 3.8) is 0 Å². The Balaban J connectivity index is 1.60. The van der Waals surface area contributed by atoms with Gasteiger partial charge in [-0.15, -0.1) is 0 Å². The number of imide groups is 2. The van der Waals surface area contributed by atoms with Gasteiger partial charge in [0, 0.05) is 10.0 Å². The van der Waals surface area contributed by atoms with Crippen LogP contribution in [-0.2, 0) is 20.9 Å². The lowest BCUT2D eigenvalue weighted by Crippen LogP contribution is -2.54. The van der Waals surface area contributed by atoms with Gasteiger partial charge in [-0.05, 0) is 61.0 Å². The van der Waals surface area contributed by atoms with Crippen molar-refractivity contribution in [2.24, 2.45) is 0 Å². The number of hydrogen-bond acceptors (Lipinski definition) is 7. The summed E-state index contributed by atoms with van der Waals surface area (Å²) in [6.07, 6.45) is 1.38. The van der Waals surface area contributed by atoms with E-state index in [1.54, 1.807) is 18.2 Å². The third kappa shape index (κ3) is 5.76. The molecule has 0 aromatic heterocycles. The quantitative estimate of drug-likeness (QED) is 0.230. The van der Waals surface area contributed by atoms with Crippen molar-refractivity contribution in [2.75, 3.05) is 18.6 Å². The van der Waals surface area contributed by atoms with E-state index in [0.717, 1.165) is 14.9 Å². The number of amides is 4. The number of rotatable bonds is 8. The summed E-state index contributed by atoms with van der Waals surface area (Å²) in [4.78, 5) is 50.8. The van der Waals surface area contributed by atoms with Gasteiger partial charge < -0.3 is 14.2 Å². The minimum atomic E-state index is -0.895. The zero-order valence-corrected chi connectivity index (χ0v) is 22.1. The van der Waals surface area contributed by atoms with Gasteiger partial charge in [-0.25, -0.2) is 14.5 Å². The fourth-order valence-electron chi connectivity index (χ4n) is 3.70. The Morgan fingerprint density at radius 3 is 2.39 bits per heavy atom. The molecular weight excluding hydrogens is 556 g/mol. The first kappa shape index (κ1) is 26.6. The fraction of sp³-hybridized carbons (Fsp3) is 0.143. The van der Waals surface area contributed by atoms with Gasteiger partial charge in [0.05, 0.1) is 25.0 Å². The van der Waals surface area contributed by atoms with E-state index in [2.05, 4.69) is 26.0 Å². The highest BCUT2D eigenvalue weighted by atomic mass is 79.9. The molecule has 1 heterocycles. The van der Waals surface area contributed by atoms with Crippen LogP contribution < -0.4 is 19.7 Å². The molecule has 1 aliphatic heterocycles. The van der Waals surface area contributed by atoms with E-state index in [1.807, 2.05) is 31.2 Å². The second-order valence-corrected chi connectivity index (χ2v) is 8.87. The van der Waals surface area contributed by atoms with Gasteiger partial charge in [0.1, 0.15) is 12.2 Å². The van der Waals surface area contributed by atoms with Crippen molar-refractivity contribution in [1.82, 2.24) is 5.32 Å². The van der Waals surface area contributed by atoms with E-state index in [1.165, 1.54) is 37.5 Å². The molecule has 0 unspecified atom stereocenters. The number of halogens is 1. The number of carbonyl (C=O) groups is 4. The third-order valence-electron chi connectivity index (χ3n) is 5.57. The highest BCUT2D eigenvalue weighted by Crippen LogP contribution is 2.31. The van der Waals surface area contributed by atoms with Crippen LogP contribution in [0.1, 0.15) is 28.4 Å². The van der Waals surface area contributed by atoms with Crippen LogP contribution in [0.2, 0.25) is 0 Å². The number of urea groups is 1. The summed E-state index contributed by atoms with van der Waals surface area (Å²) >= 11 is 3.50. The van der Waals surface area contributed by atoms with E-state index >= 15 is 0 Å². The zero-order valence-electron chi connectivity index (χ0n) is 20.5. The molecule has 3 aromatic rings. The van der Waals surface area contributed by atoms with Crippen molar-refractivity contribution in [2.45, 2.75) is 13.5 Å². The summed E-state index contributed by atoms with van der Waals surface area (Å²) in [5.41, 5.74) is 1.64. The van der Waals surface area contributed by atoms with Crippen molar-refractivity contribution in [3.8, 4) is 11.5 Å². The maximum absolute atomic E-state index is 13.2. The van der Waals surface area contributed by atoms with Crippen LogP contribution in [0.15, 0.2) is 76.8 Å². The van der Waals surface area contributed by atoms with Gasteiger partial charge in [0.25, 0.3) is 11.8 Å². The van der Waals surface area contributed by atoms with E-state index in [9.17, 15) is 19.2 Å². The Bertz CT molecular complexity index is 1430. The molecule has 0 radical (unpaired) electrons. The lowest BCUT2D eigenvalue weighted by atomic mass is 10.1. The smallest absolute Gasteiger partial charge is 0.337 e. The molecule has 0 atom stereocenters. The first-order valence-electron chi connectivity index (χ1n) is 11.5. The number of ether oxygens (including phenoxy) is 3. The normalized spacial score (nSPS) is 14.3. The first-order chi connectivity index (χ1) is 18.3. The molecule has 0 saturated carbocycles. The third-order valence-corrected chi connectivity index (χ3v) is 6.34. The van der Waals surface area contributed by atoms with Crippen LogP contribution in [0.5, 0.6) is 11.5 Å². The molecule has 1 N–H and O–H groups in total. The highest BCUT2D eigenvalue weighted by Gasteiger charge is 2.37. The number of nitrogens with one attached hydrogen (secondary N) is 1.